The molecule has 2 aliphatic rings. The van der Waals surface area contributed by atoms with Crippen LogP contribution in [0.5, 0.6) is 11.5 Å². The minimum atomic E-state index is -3.74. The topological polar surface area (TPSA) is 258 Å². The second-order valence-electron chi connectivity index (χ2n) is 15.3. The molecule has 5 amide bonds. The summed E-state index contributed by atoms with van der Waals surface area (Å²) in [6.45, 7) is 1.39. The summed E-state index contributed by atoms with van der Waals surface area (Å²) in [5, 5.41) is 16.1. The molecule has 0 aliphatic carbocycles. The van der Waals surface area contributed by atoms with E-state index in [1.54, 1.807) is 24.4 Å². The van der Waals surface area contributed by atoms with Gasteiger partial charge in [-0.1, -0.05) is 11.3 Å². The fourth-order valence-electron chi connectivity index (χ4n) is 7.50. The highest BCUT2D eigenvalue weighted by Gasteiger charge is 2.40. The summed E-state index contributed by atoms with van der Waals surface area (Å²) in [5.41, 5.74) is 1.82. The number of aromatic nitrogens is 5. The molecule has 2 aliphatic heterocycles. The second kappa shape index (κ2) is 18.4. The predicted molar refractivity (Wildman–Crippen MR) is 232 cm³/mol. The number of anilines is 2. The first-order valence-corrected chi connectivity index (χ1v) is 22.0. The van der Waals surface area contributed by atoms with Crippen LogP contribution < -0.4 is 31.0 Å². The number of amides is 5. The number of nitrogens with one attached hydrogen (secondary N) is 5. The molecule has 1 saturated heterocycles. The van der Waals surface area contributed by atoms with Gasteiger partial charge in [-0.05, 0) is 61.9 Å². The van der Waals surface area contributed by atoms with Crippen LogP contribution in [0.25, 0.3) is 22.0 Å². The van der Waals surface area contributed by atoms with E-state index in [1.807, 2.05) is 0 Å². The number of fused-ring (bicyclic) bond motifs is 2. The normalized spacial score (nSPS) is 14.9. The lowest BCUT2D eigenvalue weighted by molar-refractivity contribution is -0.137. The summed E-state index contributed by atoms with van der Waals surface area (Å²) in [5.74, 6) is -4.74. The zero-order valence-corrected chi connectivity index (χ0v) is 36.0. The van der Waals surface area contributed by atoms with Crippen LogP contribution in [0.2, 0.25) is 0 Å². The molecule has 1 atom stereocenters. The van der Waals surface area contributed by atoms with Crippen molar-refractivity contribution in [2.45, 2.75) is 45.4 Å². The van der Waals surface area contributed by atoms with E-state index in [4.69, 9.17) is 9.47 Å². The standard InChI is InChI=1S/C43H40F2N10O10S/c1-3-66(62,63)51-24-8-11-35(65-36-10-7-23(44)15-31(36)45)27(16-24)29-20-53(2)43(61)39-28(29)17-33(48-39)40(58)46-18-25-19-54(52-50-25)13-14-64-22-38(57)47-32-6-4-5-26-30(32)21-55(42(26)60)34-9-12-37(56)49-41(34)59/h4-8,10-11,15-17,19-20,34,48,51H,3,9,12-14,18,21-22H2,1-2H3,(H,46,58)(H,47,57)(H,49,56,59). The number of ether oxygens (including phenoxy) is 2. The smallest absolute Gasteiger partial charge is 0.274 e. The summed E-state index contributed by atoms with van der Waals surface area (Å²) in [6, 6.07) is 12.5. The first-order chi connectivity index (χ1) is 31.6. The fourth-order valence-corrected chi connectivity index (χ4v) is 8.13. The summed E-state index contributed by atoms with van der Waals surface area (Å²) in [7, 11) is -2.27. The Morgan fingerprint density at radius 1 is 0.970 bits per heavy atom. The lowest BCUT2D eigenvalue weighted by Gasteiger charge is -2.29. The van der Waals surface area contributed by atoms with Crippen molar-refractivity contribution >= 4 is 61.8 Å². The van der Waals surface area contributed by atoms with Crippen molar-refractivity contribution in [3.63, 3.8) is 0 Å². The van der Waals surface area contributed by atoms with Crippen LogP contribution in [0.4, 0.5) is 20.2 Å². The van der Waals surface area contributed by atoms with Gasteiger partial charge in [0.2, 0.25) is 27.7 Å². The number of H-pyrrole nitrogens is 1. The molecule has 1 fully saturated rings. The molecule has 20 nitrogen and oxygen atoms in total. The van der Waals surface area contributed by atoms with Crippen molar-refractivity contribution in [3.05, 3.63) is 118 Å². The van der Waals surface area contributed by atoms with Crippen LogP contribution >= 0.6 is 0 Å². The number of hydrogen-bond donors (Lipinski definition) is 5. The number of carbonyl (C=O) groups excluding carboxylic acids is 5. The number of sulfonamides is 1. The first kappa shape index (κ1) is 44.8. The van der Waals surface area contributed by atoms with Crippen molar-refractivity contribution in [1.29, 1.82) is 0 Å². The molecular weight excluding hydrogens is 887 g/mol. The predicted octanol–water partition coefficient (Wildman–Crippen LogP) is 3.30. The maximum Gasteiger partial charge on any atom is 0.274 e. The van der Waals surface area contributed by atoms with Crippen molar-refractivity contribution in [1.82, 2.24) is 40.1 Å². The fraction of sp³-hybridized carbons (Fsp3) is 0.256. The third kappa shape index (κ3) is 9.51. The van der Waals surface area contributed by atoms with E-state index in [-0.39, 0.29) is 96.7 Å². The Balaban J connectivity index is 0.894. The van der Waals surface area contributed by atoms with E-state index in [9.17, 15) is 46.0 Å². The molecule has 0 radical (unpaired) electrons. The summed E-state index contributed by atoms with van der Waals surface area (Å²) < 4.78 is 69.9. The van der Waals surface area contributed by atoms with Gasteiger partial charge in [0.25, 0.3) is 17.4 Å². The molecule has 3 aromatic carbocycles. The second-order valence-corrected chi connectivity index (χ2v) is 17.3. The Bertz CT molecular complexity index is 3130. The van der Waals surface area contributed by atoms with Gasteiger partial charge >= 0.3 is 0 Å². The van der Waals surface area contributed by atoms with Gasteiger partial charge in [0.1, 0.15) is 41.1 Å². The largest absolute Gasteiger partial charge is 0.454 e. The molecule has 342 valence electrons. The number of halogens is 2. The van der Waals surface area contributed by atoms with Gasteiger partial charge in [-0.3, -0.25) is 38.8 Å². The average Bonchev–Trinajstić information content (AvgIpc) is 4.03. The number of carbonyl (C=O) groups is 5. The molecule has 5 N–H and O–H groups in total. The molecule has 66 heavy (non-hydrogen) atoms. The Morgan fingerprint density at radius 3 is 2.55 bits per heavy atom. The molecule has 0 saturated carbocycles. The Morgan fingerprint density at radius 2 is 1.77 bits per heavy atom. The molecule has 6 aromatic rings. The highest BCUT2D eigenvalue weighted by Crippen LogP contribution is 2.40. The van der Waals surface area contributed by atoms with Crippen LogP contribution in [-0.2, 0) is 55.8 Å². The highest BCUT2D eigenvalue weighted by molar-refractivity contribution is 7.92. The van der Waals surface area contributed by atoms with Gasteiger partial charge in [0.15, 0.2) is 11.6 Å². The summed E-state index contributed by atoms with van der Waals surface area (Å²) in [4.78, 5) is 81.0. The van der Waals surface area contributed by atoms with Crippen LogP contribution in [0.1, 0.15) is 51.9 Å². The summed E-state index contributed by atoms with van der Waals surface area (Å²) in [6.07, 6.45) is 3.34. The molecule has 23 heteroatoms. The number of nitrogens with zero attached hydrogens (tertiary/aromatic N) is 5. The number of benzene rings is 3. The molecule has 3 aromatic heterocycles. The first-order valence-electron chi connectivity index (χ1n) is 20.4. The van der Waals surface area contributed by atoms with E-state index < -0.39 is 56.9 Å². The Labute approximate surface area is 373 Å². The van der Waals surface area contributed by atoms with Crippen molar-refractivity contribution in [2.24, 2.45) is 7.05 Å². The van der Waals surface area contributed by atoms with Gasteiger partial charge in [-0.15, -0.1) is 5.10 Å². The number of hydrogen-bond acceptors (Lipinski definition) is 12. The number of aryl methyl sites for hydroxylation is 1. The number of pyridine rings is 1. The number of aromatic amines is 1. The van der Waals surface area contributed by atoms with E-state index in [1.165, 1.54) is 58.6 Å². The molecule has 1 unspecified atom stereocenters. The highest BCUT2D eigenvalue weighted by atomic mass is 32.2. The van der Waals surface area contributed by atoms with E-state index in [0.29, 0.717) is 34.1 Å². The third-order valence-corrected chi connectivity index (χ3v) is 12.1. The third-order valence-electron chi connectivity index (χ3n) is 10.8. The molecule has 5 heterocycles. The Kier molecular flexibility index (Phi) is 12.5. The maximum absolute atomic E-state index is 14.7. The van der Waals surface area contributed by atoms with E-state index in [2.05, 4.69) is 36.0 Å². The lowest BCUT2D eigenvalue weighted by atomic mass is 10.0. The monoisotopic (exact) mass is 926 g/mol. The zero-order valence-electron chi connectivity index (χ0n) is 35.1. The van der Waals surface area contributed by atoms with E-state index in [0.717, 1.165) is 12.1 Å². The van der Waals surface area contributed by atoms with Gasteiger partial charge < -0.3 is 34.6 Å². The van der Waals surface area contributed by atoms with Crippen LogP contribution in [0, 0.1) is 11.6 Å². The molecule has 0 bridgehead atoms. The van der Waals surface area contributed by atoms with Crippen molar-refractivity contribution in [2.75, 3.05) is 29.0 Å². The zero-order chi connectivity index (χ0) is 46.9. The van der Waals surface area contributed by atoms with Gasteiger partial charge in [-0.2, -0.15) is 0 Å². The summed E-state index contributed by atoms with van der Waals surface area (Å²) >= 11 is 0. The van der Waals surface area contributed by atoms with Gasteiger partial charge in [-0.25, -0.2) is 21.9 Å². The quantitative estimate of drug-likeness (QED) is 0.0693. The Hall–Kier alpha value is -7.79. The molecule has 0 spiro atoms. The minimum Gasteiger partial charge on any atom is -0.454 e. The van der Waals surface area contributed by atoms with Crippen molar-refractivity contribution < 1.29 is 50.6 Å². The van der Waals surface area contributed by atoms with Crippen LogP contribution in [0.3, 0.4) is 0 Å². The average molecular weight is 927 g/mol. The van der Waals surface area contributed by atoms with Gasteiger partial charge in [0.05, 0.1) is 31.6 Å². The molecule has 8 rings (SSSR count). The van der Waals surface area contributed by atoms with Crippen LogP contribution in [0.15, 0.2) is 77.9 Å². The minimum absolute atomic E-state index is 0.0118. The lowest BCUT2D eigenvalue weighted by Crippen LogP contribution is -2.52. The van der Waals surface area contributed by atoms with Gasteiger partial charge in [0, 0.05) is 71.3 Å². The van der Waals surface area contributed by atoms with E-state index >= 15 is 0 Å². The SMILES string of the molecule is CCS(=O)(=O)Nc1ccc(Oc2ccc(F)cc2F)c(-c2cn(C)c(=O)c3[nH]c(C(=O)NCc4cn(CCOCC(=O)Nc5cccc6c5CN(C5CCC(=O)NC5=O)C6=O)nn4)cc23)c1. The molecular formula is C43H40F2N10O10S. The number of piperidine rings is 1. The van der Waals surface area contributed by atoms with Crippen LogP contribution in [-0.4, -0.2) is 92.4 Å². The maximum atomic E-state index is 14.7. The number of imide groups is 1. The van der Waals surface area contributed by atoms with Crippen molar-refractivity contribution in [3.8, 4) is 22.6 Å². The number of rotatable bonds is 16.